The molecule has 4 unspecified atom stereocenters. The van der Waals surface area contributed by atoms with Crippen LogP contribution in [0.1, 0.15) is 92.9 Å². The van der Waals surface area contributed by atoms with Crippen LogP contribution in [0.2, 0.25) is 0 Å². The summed E-state index contributed by atoms with van der Waals surface area (Å²) >= 11 is 6.71. The molecule has 0 aliphatic heterocycles. The summed E-state index contributed by atoms with van der Waals surface area (Å²) in [7, 11) is -15.9. The van der Waals surface area contributed by atoms with Crippen molar-refractivity contribution in [3.8, 4) is 23.0 Å². The molecule has 4 aromatic rings. The maximum Gasteiger partial charge on any atom is 0.206 e. The van der Waals surface area contributed by atoms with E-state index in [0.717, 1.165) is 24.3 Å². The van der Waals surface area contributed by atoms with E-state index >= 15 is 0 Å². The van der Waals surface area contributed by atoms with Gasteiger partial charge in [0, 0.05) is 75.9 Å². The number of hydrogen-bond acceptors (Lipinski definition) is 26. The number of unbranched alkanes of at least 4 members (excludes halogenated alkanes) is 2. The Balaban J connectivity index is 0.000000512. The first-order valence-corrected chi connectivity index (χ1v) is 44.3. The lowest BCUT2D eigenvalue weighted by Gasteiger charge is -2.18. The molecule has 0 heterocycles. The van der Waals surface area contributed by atoms with Gasteiger partial charge in [0.25, 0.3) is 0 Å². The third-order valence-electron chi connectivity index (χ3n) is 13.7. The normalized spacial score (nSPS) is 13.3. The quantitative estimate of drug-likeness (QED) is 0.0293. The molecule has 0 aliphatic carbocycles. The highest BCUT2D eigenvalue weighted by atomic mass is 32.2. The standard InChI is InChI=1S/C36H58O8S3.C32H50O14S5/c1-5-9-23-45-25-11-21-39-27-33(41-7-3)29-43-31-13-17-35(18-14-31)47(37,38)36-19-15-32(16-20-36)44-30-34(42-8-4)28-40-22-12-26-46-24-10-6-2;1-3-43-29(23-41-15-5-17-47-19-21-49(33,34)35)25-45-27-7-11-31(12-8-27)51(39,40)32-13-9-28(10-14-32)46-26-30(44-4-2)24-42-16-6-18-48-20-22-50(36,37)38/h13-20,33-34H,5-12,21-30H2,1-4H3;7-14,29-30H,3-6,15-26H2,1-2H3,(H,33,34,35)(H,36,37,38)/p-2. The van der Waals surface area contributed by atoms with Crippen LogP contribution in [-0.4, -0.2) is 230 Å². The van der Waals surface area contributed by atoms with Crippen molar-refractivity contribution >= 4 is 87.0 Å². The largest absolute Gasteiger partial charge is 0.748 e. The first-order chi connectivity index (χ1) is 47.2. The second-order valence-electron chi connectivity index (χ2n) is 21.8. The summed E-state index contributed by atoms with van der Waals surface area (Å²) in [5, 5.41) is 0. The van der Waals surface area contributed by atoms with Crippen molar-refractivity contribution in [1.82, 2.24) is 0 Å². The maximum absolute atomic E-state index is 13.3. The zero-order valence-corrected chi connectivity index (χ0v) is 64.4. The van der Waals surface area contributed by atoms with E-state index in [1.807, 2.05) is 51.2 Å². The molecule has 0 saturated heterocycles. The Morgan fingerprint density at radius 3 is 0.724 bits per heavy atom. The molecule has 560 valence electrons. The van der Waals surface area contributed by atoms with Gasteiger partial charge < -0.3 is 65.9 Å². The molecule has 0 aliphatic rings. The summed E-state index contributed by atoms with van der Waals surface area (Å²) < 4.78 is 186. The molecule has 4 aromatic carbocycles. The lowest BCUT2D eigenvalue weighted by molar-refractivity contribution is -0.0325. The van der Waals surface area contributed by atoms with Crippen LogP contribution in [0.4, 0.5) is 0 Å². The summed E-state index contributed by atoms with van der Waals surface area (Å²) in [5.74, 6) is 7.77. The second-order valence-corrected chi connectivity index (χ2v) is 33.7. The number of sulfone groups is 2. The Kier molecular flexibility index (Phi) is 48.8. The summed E-state index contributed by atoms with van der Waals surface area (Å²) in [4.78, 5) is 0.581. The third kappa shape index (κ3) is 41.8. The van der Waals surface area contributed by atoms with E-state index in [4.69, 9.17) is 56.8 Å². The summed E-state index contributed by atoms with van der Waals surface area (Å²) in [5.41, 5.74) is 0. The molecule has 0 spiro atoms. The van der Waals surface area contributed by atoms with Gasteiger partial charge in [-0.1, -0.05) is 26.7 Å². The van der Waals surface area contributed by atoms with Crippen molar-refractivity contribution in [3.05, 3.63) is 97.1 Å². The van der Waals surface area contributed by atoms with E-state index in [9.17, 15) is 42.8 Å². The number of ether oxygens (including phenoxy) is 12. The first-order valence-electron chi connectivity index (χ1n) is 33.5. The van der Waals surface area contributed by atoms with Crippen molar-refractivity contribution in [2.24, 2.45) is 0 Å². The summed E-state index contributed by atoms with van der Waals surface area (Å²) in [6, 6.07) is 25.1. The van der Waals surface area contributed by atoms with Crippen LogP contribution in [0.15, 0.2) is 117 Å². The maximum atomic E-state index is 13.3. The number of thioether (sulfide) groups is 4. The van der Waals surface area contributed by atoms with E-state index < -0.39 is 39.9 Å². The number of benzene rings is 4. The van der Waals surface area contributed by atoms with Gasteiger partial charge in [0.2, 0.25) is 19.7 Å². The number of hydrogen-bond donors (Lipinski definition) is 0. The molecule has 0 radical (unpaired) electrons. The highest BCUT2D eigenvalue weighted by Crippen LogP contribution is 2.28. The van der Waals surface area contributed by atoms with Gasteiger partial charge >= 0.3 is 0 Å². The predicted molar refractivity (Wildman–Crippen MR) is 390 cm³/mol. The summed E-state index contributed by atoms with van der Waals surface area (Å²) in [6.07, 6.45) is 7.29. The molecular weight excluding hydrogens is 1430 g/mol. The van der Waals surface area contributed by atoms with E-state index in [-0.39, 0.29) is 93.4 Å². The Morgan fingerprint density at radius 2 is 0.520 bits per heavy atom. The highest BCUT2D eigenvalue weighted by molar-refractivity contribution is 8.00. The molecule has 4 rings (SSSR count). The Labute approximate surface area is 602 Å². The van der Waals surface area contributed by atoms with Crippen molar-refractivity contribution in [2.75, 3.05) is 163 Å². The van der Waals surface area contributed by atoms with E-state index in [1.165, 1.54) is 85.0 Å². The van der Waals surface area contributed by atoms with Crippen LogP contribution in [0, 0.1) is 0 Å². The SMILES string of the molecule is CCCCSCCCOCC(COc1ccc(S(=O)(=O)c2ccc(OCC(COCCCSCCCC)OCC)cc2)cc1)OCC.CCOC(COCCCSCCS(=O)(=O)[O-])COc1ccc(S(=O)(=O)c2ccc(OCC(COCCCSCCS(=O)(=O)[O-])OCC)cc2)cc1. The van der Waals surface area contributed by atoms with Gasteiger partial charge in [-0.15, -0.1) is 0 Å². The zero-order valence-electron chi connectivity index (χ0n) is 57.8. The fourth-order valence-corrected chi connectivity index (χ4v) is 16.7. The van der Waals surface area contributed by atoms with E-state index in [1.54, 1.807) is 72.8 Å². The fraction of sp³-hybridized carbons (Fsp3) is 0.647. The molecule has 0 saturated carbocycles. The third-order valence-corrected chi connectivity index (χ3v) is 23.6. The minimum Gasteiger partial charge on any atom is -0.748 e. The van der Waals surface area contributed by atoms with Crippen LogP contribution < -0.4 is 18.9 Å². The van der Waals surface area contributed by atoms with Gasteiger partial charge in [-0.25, -0.2) is 33.7 Å². The van der Waals surface area contributed by atoms with Gasteiger partial charge in [0.15, 0.2) is 0 Å². The van der Waals surface area contributed by atoms with Crippen LogP contribution in [0.25, 0.3) is 0 Å². The smallest absolute Gasteiger partial charge is 0.206 e. The van der Waals surface area contributed by atoms with Crippen LogP contribution in [-0.2, 0) is 77.8 Å². The van der Waals surface area contributed by atoms with Gasteiger partial charge in [-0.2, -0.15) is 47.0 Å². The molecular formula is C68H106O22S8-2. The topological polar surface area (TPSA) is 293 Å². The molecule has 0 aromatic heterocycles. The van der Waals surface area contributed by atoms with Gasteiger partial charge in [0.1, 0.15) is 73.8 Å². The molecule has 0 N–H and O–H groups in total. The Bertz CT molecular complexity index is 2900. The van der Waals surface area contributed by atoms with Crippen LogP contribution in [0.3, 0.4) is 0 Å². The van der Waals surface area contributed by atoms with E-state index in [0.29, 0.717) is 127 Å². The van der Waals surface area contributed by atoms with Crippen molar-refractivity contribution in [3.63, 3.8) is 0 Å². The monoisotopic (exact) mass is 1530 g/mol. The zero-order chi connectivity index (χ0) is 71.6. The lowest BCUT2D eigenvalue weighted by Crippen LogP contribution is -2.27. The minimum absolute atomic E-state index is 0.0985. The van der Waals surface area contributed by atoms with Gasteiger partial charge in [0.05, 0.1) is 66.2 Å². The molecule has 0 fully saturated rings. The summed E-state index contributed by atoms with van der Waals surface area (Å²) in [6.45, 7) is 18.8. The molecule has 30 heteroatoms. The number of rotatable bonds is 60. The predicted octanol–water partition coefficient (Wildman–Crippen LogP) is 11.4. The Hall–Kier alpha value is -3.12. The van der Waals surface area contributed by atoms with Gasteiger partial charge in [-0.3, -0.25) is 0 Å². The minimum atomic E-state index is -4.19. The molecule has 0 bridgehead atoms. The van der Waals surface area contributed by atoms with E-state index in [2.05, 4.69) is 13.8 Å². The molecule has 0 amide bonds. The van der Waals surface area contributed by atoms with Crippen LogP contribution in [0.5, 0.6) is 23.0 Å². The average molecular weight is 1530 g/mol. The van der Waals surface area contributed by atoms with Crippen molar-refractivity contribution < 1.29 is 99.6 Å². The van der Waals surface area contributed by atoms with Crippen molar-refractivity contribution in [2.45, 2.75) is 137 Å². The van der Waals surface area contributed by atoms with Gasteiger partial charge in [-0.05, 0) is 198 Å². The average Bonchev–Trinajstić information content (AvgIpc) is 0.856. The van der Waals surface area contributed by atoms with Crippen molar-refractivity contribution in [1.29, 1.82) is 0 Å². The fourth-order valence-electron chi connectivity index (χ4n) is 8.54. The molecule has 22 nitrogen and oxygen atoms in total. The highest BCUT2D eigenvalue weighted by Gasteiger charge is 2.22. The first kappa shape index (κ1) is 89.1. The molecule has 98 heavy (non-hydrogen) atoms. The lowest BCUT2D eigenvalue weighted by atomic mass is 10.3. The second kappa shape index (κ2) is 53.6. The van der Waals surface area contributed by atoms with Crippen LogP contribution >= 0.6 is 47.0 Å². The molecule has 4 atom stereocenters. The Morgan fingerprint density at radius 1 is 0.306 bits per heavy atom.